The lowest BCUT2D eigenvalue weighted by Gasteiger charge is -2.13. The van der Waals surface area contributed by atoms with Crippen LogP contribution in [0.25, 0.3) is 20.8 Å². The second kappa shape index (κ2) is 8.32. The van der Waals surface area contributed by atoms with Crippen LogP contribution in [0.2, 0.25) is 0 Å². The first-order valence-corrected chi connectivity index (χ1v) is 11.9. The third-order valence-electron chi connectivity index (χ3n) is 5.55. The number of nitrogens with zero attached hydrogens (tertiary/aromatic N) is 1. The lowest BCUT2D eigenvalue weighted by atomic mass is 9.95. The molecule has 0 spiro atoms. The maximum Gasteiger partial charge on any atom is 0.260 e. The summed E-state index contributed by atoms with van der Waals surface area (Å²) in [5.74, 6) is 0.758. The average Bonchev–Trinajstić information content (AvgIpc) is 3.38. The number of carbonyl (C=O) groups is 1. The van der Waals surface area contributed by atoms with Crippen LogP contribution in [-0.2, 0) is 12.8 Å². The van der Waals surface area contributed by atoms with Crippen molar-refractivity contribution in [3.63, 3.8) is 0 Å². The van der Waals surface area contributed by atoms with Gasteiger partial charge in [-0.05, 0) is 55.5 Å². The zero-order valence-electron chi connectivity index (χ0n) is 17.4. The molecule has 0 saturated carbocycles. The van der Waals surface area contributed by atoms with Gasteiger partial charge in [-0.15, -0.1) is 22.7 Å². The van der Waals surface area contributed by atoms with Crippen molar-refractivity contribution in [3.8, 4) is 22.1 Å². The molecule has 1 aliphatic rings. The van der Waals surface area contributed by atoms with E-state index in [1.165, 1.54) is 23.3 Å². The van der Waals surface area contributed by atoms with Gasteiger partial charge in [-0.2, -0.15) is 0 Å². The van der Waals surface area contributed by atoms with Crippen LogP contribution in [0.3, 0.4) is 0 Å². The summed E-state index contributed by atoms with van der Waals surface area (Å²) in [6.07, 6.45) is 4.42. The van der Waals surface area contributed by atoms with Gasteiger partial charge in [-0.25, -0.2) is 4.98 Å². The predicted octanol–water partition coefficient (Wildman–Crippen LogP) is 6.17. The highest BCUT2D eigenvalue weighted by atomic mass is 32.1. The summed E-state index contributed by atoms with van der Waals surface area (Å²) in [5.41, 5.74) is 3.85. The van der Waals surface area contributed by atoms with Gasteiger partial charge in [-0.3, -0.25) is 4.79 Å². The highest BCUT2D eigenvalue weighted by Gasteiger charge is 2.26. The van der Waals surface area contributed by atoms with Gasteiger partial charge >= 0.3 is 0 Å². The van der Waals surface area contributed by atoms with Crippen molar-refractivity contribution in [1.29, 1.82) is 0 Å². The van der Waals surface area contributed by atoms with Gasteiger partial charge in [-0.1, -0.05) is 18.2 Å². The molecule has 2 heterocycles. The Hall–Kier alpha value is -2.90. The Balaban J connectivity index is 1.59. The van der Waals surface area contributed by atoms with Gasteiger partial charge in [0, 0.05) is 10.4 Å². The Bertz CT molecular complexity index is 1240. The van der Waals surface area contributed by atoms with Crippen LogP contribution in [0.4, 0.5) is 5.00 Å². The van der Waals surface area contributed by atoms with E-state index in [4.69, 9.17) is 14.5 Å². The zero-order valence-corrected chi connectivity index (χ0v) is 19.0. The number of fused-ring (bicyclic) bond motifs is 2. The van der Waals surface area contributed by atoms with Crippen LogP contribution in [0.5, 0.6) is 11.5 Å². The molecule has 7 heteroatoms. The first kappa shape index (κ1) is 20.0. The van der Waals surface area contributed by atoms with Crippen LogP contribution < -0.4 is 14.8 Å². The number of hydrogen-bond acceptors (Lipinski definition) is 6. The highest BCUT2D eigenvalue weighted by Crippen LogP contribution is 2.46. The normalized spacial score (nSPS) is 13.1. The number of aromatic nitrogens is 1. The molecule has 2 aromatic heterocycles. The summed E-state index contributed by atoms with van der Waals surface area (Å²) < 4.78 is 12.0. The SMILES string of the molecule is COc1cccc(C(=O)Nc2sc3c(c2-c2nc4ccccc4s2)CCCC3)c1OC. The molecule has 0 atom stereocenters. The van der Waals surface area contributed by atoms with Crippen LogP contribution in [-0.4, -0.2) is 25.1 Å². The van der Waals surface area contributed by atoms with Gasteiger partial charge in [0.15, 0.2) is 11.5 Å². The minimum atomic E-state index is -0.211. The molecule has 0 bridgehead atoms. The minimum absolute atomic E-state index is 0.211. The number of benzene rings is 2. The largest absolute Gasteiger partial charge is 0.493 e. The number of methoxy groups -OCH3 is 2. The Morgan fingerprint density at radius 3 is 2.65 bits per heavy atom. The summed E-state index contributed by atoms with van der Waals surface area (Å²) in [7, 11) is 3.11. The third kappa shape index (κ3) is 3.58. The van der Waals surface area contributed by atoms with E-state index in [1.807, 2.05) is 18.2 Å². The molecule has 0 aliphatic heterocycles. The van der Waals surface area contributed by atoms with Gasteiger partial charge in [0.1, 0.15) is 10.0 Å². The summed E-state index contributed by atoms with van der Waals surface area (Å²) in [6.45, 7) is 0. The van der Waals surface area contributed by atoms with Gasteiger partial charge in [0.2, 0.25) is 0 Å². The number of anilines is 1. The molecule has 0 saturated heterocycles. The molecule has 2 aromatic carbocycles. The van der Waals surface area contributed by atoms with Gasteiger partial charge in [0.05, 0.1) is 30.0 Å². The summed E-state index contributed by atoms with van der Waals surface area (Å²) in [4.78, 5) is 19.5. The van der Waals surface area contributed by atoms with E-state index in [0.717, 1.165) is 38.6 Å². The molecule has 5 nitrogen and oxygen atoms in total. The quantitative estimate of drug-likeness (QED) is 0.395. The fraction of sp³-hybridized carbons (Fsp3) is 0.250. The average molecular weight is 451 g/mol. The minimum Gasteiger partial charge on any atom is -0.493 e. The topological polar surface area (TPSA) is 60.5 Å². The van der Waals surface area contributed by atoms with Crippen LogP contribution >= 0.6 is 22.7 Å². The Morgan fingerprint density at radius 2 is 1.84 bits per heavy atom. The number of carbonyl (C=O) groups excluding carboxylic acids is 1. The van der Waals surface area contributed by atoms with Gasteiger partial charge in [0.25, 0.3) is 5.91 Å². The monoisotopic (exact) mass is 450 g/mol. The number of hydrogen-bond donors (Lipinski definition) is 1. The van der Waals surface area contributed by atoms with Crippen LogP contribution in [0.1, 0.15) is 33.6 Å². The van der Waals surface area contributed by atoms with E-state index < -0.39 is 0 Å². The molecule has 158 valence electrons. The first-order valence-electron chi connectivity index (χ1n) is 10.2. The summed E-state index contributed by atoms with van der Waals surface area (Å²) in [6, 6.07) is 13.5. The van der Waals surface area contributed by atoms with Crippen LogP contribution in [0.15, 0.2) is 42.5 Å². The highest BCUT2D eigenvalue weighted by molar-refractivity contribution is 7.23. The number of nitrogens with one attached hydrogen (secondary N) is 1. The molecule has 31 heavy (non-hydrogen) atoms. The maximum atomic E-state index is 13.3. The molecule has 0 radical (unpaired) electrons. The number of thiazole rings is 1. The van der Waals surface area contributed by atoms with E-state index in [9.17, 15) is 4.79 Å². The Morgan fingerprint density at radius 1 is 1.00 bits per heavy atom. The number of thiophene rings is 1. The number of aryl methyl sites for hydroxylation is 1. The van der Waals surface area contributed by atoms with E-state index in [0.29, 0.717) is 17.1 Å². The molecule has 0 unspecified atom stereocenters. The molecular formula is C24H22N2O3S2. The fourth-order valence-electron chi connectivity index (χ4n) is 4.10. The van der Waals surface area contributed by atoms with Crippen molar-refractivity contribution in [1.82, 2.24) is 4.98 Å². The number of para-hydroxylation sites is 2. The molecule has 4 aromatic rings. The third-order valence-corrected chi connectivity index (χ3v) is 7.81. The summed E-state index contributed by atoms with van der Waals surface area (Å²) >= 11 is 3.35. The predicted molar refractivity (Wildman–Crippen MR) is 127 cm³/mol. The van der Waals surface area contributed by atoms with Crippen molar-refractivity contribution < 1.29 is 14.3 Å². The Kier molecular flexibility index (Phi) is 5.38. The van der Waals surface area contributed by atoms with Crippen molar-refractivity contribution >= 4 is 43.8 Å². The number of rotatable bonds is 5. The number of amides is 1. The first-order chi connectivity index (χ1) is 15.2. The second-order valence-electron chi connectivity index (χ2n) is 7.40. The molecule has 0 fully saturated rings. The molecular weight excluding hydrogens is 428 g/mol. The molecule has 1 aliphatic carbocycles. The van der Waals surface area contributed by atoms with Crippen molar-refractivity contribution in [2.75, 3.05) is 19.5 Å². The second-order valence-corrected chi connectivity index (χ2v) is 9.53. The molecule has 5 rings (SSSR count). The zero-order chi connectivity index (χ0) is 21.4. The van der Waals surface area contributed by atoms with E-state index in [2.05, 4.69) is 11.4 Å². The van der Waals surface area contributed by atoms with Crippen molar-refractivity contribution in [3.05, 3.63) is 58.5 Å². The lowest BCUT2D eigenvalue weighted by molar-refractivity contribution is 0.102. The fourth-order valence-corrected chi connectivity index (χ4v) is 6.49. The van der Waals surface area contributed by atoms with Crippen molar-refractivity contribution in [2.24, 2.45) is 0 Å². The standard InChI is InChI=1S/C24H22N2O3S2/c1-28-17-11-7-9-15(21(17)29-2)22(27)26-24-20(14-8-3-5-12-18(14)30-24)23-25-16-10-4-6-13-19(16)31-23/h4,6-7,9-11,13H,3,5,8,12H2,1-2H3,(H,26,27). The Labute approximate surface area is 188 Å². The van der Waals surface area contributed by atoms with Crippen LogP contribution in [0, 0.1) is 0 Å². The lowest BCUT2D eigenvalue weighted by Crippen LogP contribution is -2.13. The smallest absolute Gasteiger partial charge is 0.260 e. The summed E-state index contributed by atoms with van der Waals surface area (Å²) in [5, 5.41) is 4.99. The number of ether oxygens (including phenoxy) is 2. The van der Waals surface area contributed by atoms with Gasteiger partial charge < -0.3 is 14.8 Å². The van der Waals surface area contributed by atoms with Crippen molar-refractivity contribution in [2.45, 2.75) is 25.7 Å². The molecule has 1 N–H and O–H groups in total. The van der Waals surface area contributed by atoms with E-state index in [-0.39, 0.29) is 5.91 Å². The van der Waals surface area contributed by atoms with E-state index in [1.54, 1.807) is 55.1 Å². The molecule has 1 amide bonds. The maximum absolute atomic E-state index is 13.3. The van der Waals surface area contributed by atoms with E-state index >= 15 is 0 Å².